The smallest absolute Gasteiger partial charge is 0.209 e. The maximum atomic E-state index is 13.1. The zero-order chi connectivity index (χ0) is 22.1. The summed E-state index contributed by atoms with van der Waals surface area (Å²) >= 11 is 6.00. The molecule has 0 radical (unpaired) electrons. The molecule has 0 saturated carbocycles. The first-order chi connectivity index (χ1) is 14.9. The molecule has 0 N–H and O–H groups in total. The summed E-state index contributed by atoms with van der Waals surface area (Å²) in [5.74, 6) is -0.480. The fourth-order valence-electron chi connectivity index (χ4n) is 3.64. The first kappa shape index (κ1) is 21.2. The van der Waals surface area contributed by atoms with Crippen LogP contribution in [-0.4, -0.2) is 11.6 Å². The maximum absolute atomic E-state index is 13.1. The second-order valence-electron chi connectivity index (χ2n) is 7.65. The summed E-state index contributed by atoms with van der Waals surface area (Å²) < 4.78 is 11.9. The Morgan fingerprint density at radius 3 is 2.52 bits per heavy atom. The number of carbonyl (C=O) groups excluding carboxylic acids is 2. The molecule has 0 unspecified atom stereocenters. The zero-order valence-corrected chi connectivity index (χ0v) is 18.0. The van der Waals surface area contributed by atoms with Crippen molar-refractivity contribution in [2.45, 2.75) is 39.4 Å². The van der Waals surface area contributed by atoms with Crippen LogP contribution in [0, 0.1) is 0 Å². The lowest BCUT2D eigenvalue weighted by Gasteiger charge is -2.18. The molecule has 31 heavy (non-hydrogen) atoms. The van der Waals surface area contributed by atoms with E-state index in [1.54, 1.807) is 6.07 Å². The molecule has 0 spiro atoms. The van der Waals surface area contributed by atoms with Crippen LogP contribution in [0.25, 0.3) is 11.0 Å². The Balaban J connectivity index is 1.86. The number of ketones is 2. The molecule has 0 amide bonds. The van der Waals surface area contributed by atoms with Gasteiger partial charge >= 0.3 is 0 Å². The molecule has 4 rings (SSSR count). The van der Waals surface area contributed by atoms with E-state index in [0.717, 1.165) is 18.1 Å². The molecular weight excluding hydrogens is 416 g/mol. The van der Waals surface area contributed by atoms with Gasteiger partial charge in [-0.25, -0.2) is 0 Å². The van der Waals surface area contributed by atoms with Gasteiger partial charge < -0.3 is 9.15 Å². The minimum atomic E-state index is -0.525. The fraction of sp³-hybridized carbons (Fsp3) is 0.240. The molecule has 1 aromatic heterocycles. The number of allylic oxidation sites excluding steroid dienone is 2. The van der Waals surface area contributed by atoms with Crippen molar-refractivity contribution in [1.29, 1.82) is 0 Å². The maximum Gasteiger partial charge on any atom is 0.209 e. The first-order valence-corrected chi connectivity index (χ1v) is 10.5. The van der Waals surface area contributed by atoms with E-state index in [1.165, 1.54) is 6.07 Å². The van der Waals surface area contributed by atoms with Gasteiger partial charge in [-0.3, -0.25) is 14.4 Å². The Labute approximate surface area is 184 Å². The zero-order valence-electron chi connectivity index (χ0n) is 17.2. The molecule has 0 bridgehead atoms. The molecule has 1 atom stereocenters. The van der Waals surface area contributed by atoms with E-state index < -0.39 is 11.6 Å². The minimum Gasteiger partial charge on any atom is -0.460 e. The number of rotatable bonds is 6. The quantitative estimate of drug-likeness (QED) is 0.508. The van der Waals surface area contributed by atoms with Gasteiger partial charge in [-0.05, 0) is 23.6 Å². The summed E-state index contributed by atoms with van der Waals surface area (Å²) in [7, 11) is 0. The van der Waals surface area contributed by atoms with Gasteiger partial charge in [0.15, 0.2) is 11.2 Å². The standard InChI is InChI=1S/C25H21ClO5/c1-3-14(2)21-11-20(28)22-16(13-30-12-15-7-5-4-6-8-15)9-17-19(27)10-18(26)24(29)23(17)25(22)31-21/h4-11,14H,3,12-13H2,1-2H3/t14-/m0/s1. The molecule has 3 aromatic rings. The number of hydrogen-bond donors (Lipinski definition) is 0. The van der Waals surface area contributed by atoms with Crippen molar-refractivity contribution in [2.24, 2.45) is 0 Å². The lowest BCUT2D eigenvalue weighted by Crippen LogP contribution is -2.19. The van der Waals surface area contributed by atoms with Crippen LogP contribution in [0.15, 0.2) is 62.8 Å². The van der Waals surface area contributed by atoms with Gasteiger partial charge in [-0.2, -0.15) is 0 Å². The topological polar surface area (TPSA) is 73.6 Å². The van der Waals surface area contributed by atoms with Gasteiger partial charge in [0, 0.05) is 23.6 Å². The van der Waals surface area contributed by atoms with Crippen LogP contribution >= 0.6 is 11.6 Å². The lowest BCUT2D eigenvalue weighted by atomic mass is 9.89. The third kappa shape index (κ3) is 3.99. The number of fused-ring (bicyclic) bond motifs is 3. The predicted octanol–water partition coefficient (Wildman–Crippen LogP) is 5.53. The number of carbonyl (C=O) groups is 2. The molecule has 6 heteroatoms. The highest BCUT2D eigenvalue weighted by Crippen LogP contribution is 2.33. The average Bonchev–Trinajstić information content (AvgIpc) is 2.77. The van der Waals surface area contributed by atoms with Gasteiger partial charge in [0.2, 0.25) is 5.78 Å². The molecule has 2 aromatic carbocycles. The second kappa shape index (κ2) is 8.61. The van der Waals surface area contributed by atoms with Crippen LogP contribution in [0.5, 0.6) is 0 Å². The lowest BCUT2D eigenvalue weighted by molar-refractivity contribution is 0.0988. The third-order valence-electron chi connectivity index (χ3n) is 5.54. The van der Waals surface area contributed by atoms with Crippen molar-refractivity contribution in [3.8, 4) is 0 Å². The van der Waals surface area contributed by atoms with Crippen LogP contribution in [-0.2, 0) is 18.0 Å². The molecular formula is C25H21ClO5. The monoisotopic (exact) mass is 436 g/mol. The van der Waals surface area contributed by atoms with Crippen LogP contribution < -0.4 is 5.43 Å². The van der Waals surface area contributed by atoms with Gasteiger partial charge in [0.05, 0.1) is 29.2 Å². The molecule has 5 nitrogen and oxygen atoms in total. The van der Waals surface area contributed by atoms with Crippen molar-refractivity contribution in [2.75, 3.05) is 0 Å². The summed E-state index contributed by atoms with van der Waals surface area (Å²) in [5, 5.41) is 0.0508. The van der Waals surface area contributed by atoms with Crippen molar-refractivity contribution in [3.05, 3.63) is 91.8 Å². The second-order valence-corrected chi connectivity index (χ2v) is 8.06. The summed E-state index contributed by atoms with van der Waals surface area (Å²) in [6.45, 7) is 4.34. The first-order valence-electron chi connectivity index (χ1n) is 10.1. The van der Waals surface area contributed by atoms with Gasteiger partial charge in [0.25, 0.3) is 0 Å². The largest absolute Gasteiger partial charge is 0.460 e. The predicted molar refractivity (Wildman–Crippen MR) is 119 cm³/mol. The Morgan fingerprint density at radius 2 is 1.81 bits per heavy atom. The van der Waals surface area contributed by atoms with Crippen LogP contribution in [0.2, 0.25) is 0 Å². The minimum absolute atomic E-state index is 0.0221. The van der Waals surface area contributed by atoms with E-state index in [-0.39, 0.29) is 45.1 Å². The van der Waals surface area contributed by atoms with E-state index >= 15 is 0 Å². The van der Waals surface area contributed by atoms with E-state index in [9.17, 15) is 14.4 Å². The van der Waals surface area contributed by atoms with Crippen molar-refractivity contribution in [1.82, 2.24) is 0 Å². The van der Waals surface area contributed by atoms with Gasteiger partial charge in [0.1, 0.15) is 11.3 Å². The third-order valence-corrected chi connectivity index (χ3v) is 5.82. The summed E-state index contributed by atoms with van der Waals surface area (Å²) in [6.07, 6.45) is 1.85. The van der Waals surface area contributed by atoms with Crippen molar-refractivity contribution in [3.63, 3.8) is 0 Å². The van der Waals surface area contributed by atoms with Crippen molar-refractivity contribution < 1.29 is 18.7 Å². The number of ether oxygens (including phenoxy) is 1. The molecule has 1 heterocycles. The Kier molecular flexibility index (Phi) is 5.90. The highest BCUT2D eigenvalue weighted by atomic mass is 35.5. The highest BCUT2D eigenvalue weighted by Gasteiger charge is 2.31. The normalized spacial score (nSPS) is 14.5. The SMILES string of the molecule is CC[C@H](C)c1cc(=O)c2c(COCc3ccccc3)cc3c(c2o1)C(=O)C(Cl)=CC3=O. The van der Waals surface area contributed by atoms with E-state index in [4.69, 9.17) is 20.8 Å². The van der Waals surface area contributed by atoms with E-state index in [0.29, 0.717) is 17.9 Å². The summed E-state index contributed by atoms with van der Waals surface area (Å²) in [4.78, 5) is 38.5. The Bertz CT molecular complexity index is 1270. The molecule has 0 aliphatic heterocycles. The fourth-order valence-corrected chi connectivity index (χ4v) is 3.83. The van der Waals surface area contributed by atoms with Gasteiger partial charge in [-0.1, -0.05) is 55.8 Å². The van der Waals surface area contributed by atoms with Gasteiger partial charge in [-0.15, -0.1) is 0 Å². The molecule has 0 fully saturated rings. The van der Waals surface area contributed by atoms with Crippen LogP contribution in [0.1, 0.15) is 63.8 Å². The highest BCUT2D eigenvalue weighted by molar-refractivity contribution is 6.50. The number of benzene rings is 2. The summed E-state index contributed by atoms with van der Waals surface area (Å²) in [5.41, 5.74) is 1.52. The Hall–Kier alpha value is -3.02. The number of Topliss-reactive ketones (excluding diaryl/α,β-unsaturated/α-hetero) is 1. The van der Waals surface area contributed by atoms with E-state index in [2.05, 4.69) is 0 Å². The molecule has 1 aliphatic carbocycles. The van der Waals surface area contributed by atoms with Crippen LogP contribution in [0.3, 0.4) is 0 Å². The molecule has 158 valence electrons. The van der Waals surface area contributed by atoms with Crippen molar-refractivity contribution >= 4 is 34.1 Å². The average molecular weight is 437 g/mol. The molecule has 0 saturated heterocycles. The van der Waals surface area contributed by atoms with Crippen LogP contribution in [0.4, 0.5) is 0 Å². The summed E-state index contributed by atoms with van der Waals surface area (Å²) in [6, 6.07) is 12.6. The van der Waals surface area contributed by atoms with E-state index in [1.807, 2.05) is 44.2 Å². The Morgan fingerprint density at radius 1 is 1.06 bits per heavy atom. The number of hydrogen-bond acceptors (Lipinski definition) is 5. The molecule has 1 aliphatic rings. The number of halogens is 1.